The van der Waals surface area contributed by atoms with Crippen LogP contribution in [-0.2, 0) is 10.9 Å². The first-order valence-electron chi connectivity index (χ1n) is 4.74. The van der Waals surface area contributed by atoms with E-state index in [1.165, 1.54) is 11.0 Å². The van der Waals surface area contributed by atoms with Crippen molar-refractivity contribution in [2.24, 2.45) is 0 Å². The molecule has 94 valence electrons. The number of rotatable bonds is 2. The standard InChI is InChI=1S/C11H12F3NO2/c1-15(2)7-4-5-8(10(16)17-3)9(6-7)11(12,13)14/h4-6H,1-3H3. The van der Waals surface area contributed by atoms with E-state index in [2.05, 4.69) is 4.74 Å². The first-order chi connectivity index (χ1) is 7.77. The number of benzene rings is 1. The highest BCUT2D eigenvalue weighted by atomic mass is 19.4. The molecular weight excluding hydrogens is 235 g/mol. The van der Waals surface area contributed by atoms with Gasteiger partial charge in [0.2, 0.25) is 0 Å². The highest BCUT2D eigenvalue weighted by molar-refractivity contribution is 5.91. The summed E-state index contributed by atoms with van der Waals surface area (Å²) in [6.45, 7) is 0. The average molecular weight is 247 g/mol. The molecule has 0 spiro atoms. The number of hydrogen-bond donors (Lipinski definition) is 0. The summed E-state index contributed by atoms with van der Waals surface area (Å²) in [6.07, 6.45) is -4.59. The van der Waals surface area contributed by atoms with E-state index in [0.717, 1.165) is 19.2 Å². The van der Waals surface area contributed by atoms with Crippen LogP contribution in [0.2, 0.25) is 0 Å². The number of esters is 1. The normalized spacial score (nSPS) is 11.2. The molecule has 6 heteroatoms. The van der Waals surface area contributed by atoms with Gasteiger partial charge in [0, 0.05) is 19.8 Å². The van der Waals surface area contributed by atoms with Crippen molar-refractivity contribution in [3.8, 4) is 0 Å². The first kappa shape index (κ1) is 13.3. The predicted molar refractivity (Wildman–Crippen MR) is 57.1 cm³/mol. The molecule has 0 radical (unpaired) electrons. The maximum atomic E-state index is 12.8. The molecule has 0 saturated carbocycles. The Labute approximate surface area is 96.8 Å². The van der Waals surface area contributed by atoms with Crippen molar-refractivity contribution in [1.29, 1.82) is 0 Å². The molecule has 0 heterocycles. The van der Waals surface area contributed by atoms with Crippen molar-refractivity contribution in [3.63, 3.8) is 0 Å². The minimum atomic E-state index is -4.59. The van der Waals surface area contributed by atoms with Crippen LogP contribution in [-0.4, -0.2) is 27.2 Å². The van der Waals surface area contributed by atoms with Gasteiger partial charge in [0.1, 0.15) is 0 Å². The fourth-order valence-electron chi connectivity index (χ4n) is 1.33. The van der Waals surface area contributed by atoms with Crippen LogP contribution >= 0.6 is 0 Å². The zero-order valence-electron chi connectivity index (χ0n) is 9.63. The van der Waals surface area contributed by atoms with Crippen molar-refractivity contribution in [1.82, 2.24) is 0 Å². The lowest BCUT2D eigenvalue weighted by atomic mass is 10.1. The van der Waals surface area contributed by atoms with E-state index in [9.17, 15) is 18.0 Å². The van der Waals surface area contributed by atoms with E-state index < -0.39 is 23.3 Å². The van der Waals surface area contributed by atoms with Crippen LogP contribution < -0.4 is 4.90 Å². The SMILES string of the molecule is COC(=O)c1ccc(N(C)C)cc1C(F)(F)F. The molecule has 3 nitrogen and oxygen atoms in total. The van der Waals surface area contributed by atoms with Gasteiger partial charge < -0.3 is 9.64 Å². The van der Waals surface area contributed by atoms with Crippen LogP contribution in [0, 0.1) is 0 Å². The van der Waals surface area contributed by atoms with Gasteiger partial charge >= 0.3 is 12.1 Å². The highest BCUT2D eigenvalue weighted by Gasteiger charge is 2.36. The van der Waals surface area contributed by atoms with Crippen LogP contribution in [0.4, 0.5) is 18.9 Å². The number of halogens is 3. The maximum Gasteiger partial charge on any atom is 0.417 e. The zero-order valence-corrected chi connectivity index (χ0v) is 9.63. The topological polar surface area (TPSA) is 29.5 Å². The van der Waals surface area contributed by atoms with Crippen molar-refractivity contribution in [2.75, 3.05) is 26.1 Å². The summed E-state index contributed by atoms with van der Waals surface area (Å²) in [4.78, 5) is 12.8. The molecule has 0 aliphatic heterocycles. The third-order valence-corrected chi connectivity index (χ3v) is 2.23. The maximum absolute atomic E-state index is 12.8. The van der Waals surface area contributed by atoms with E-state index in [-0.39, 0.29) is 0 Å². The molecule has 0 saturated heterocycles. The average Bonchev–Trinajstić information content (AvgIpc) is 2.26. The number of anilines is 1. The Kier molecular flexibility index (Phi) is 3.65. The zero-order chi connectivity index (χ0) is 13.2. The van der Waals surface area contributed by atoms with Crippen LogP contribution in [0.5, 0.6) is 0 Å². The van der Waals surface area contributed by atoms with E-state index in [1.54, 1.807) is 14.1 Å². The molecule has 0 aliphatic rings. The van der Waals surface area contributed by atoms with E-state index >= 15 is 0 Å². The van der Waals surface area contributed by atoms with Crippen molar-refractivity contribution < 1.29 is 22.7 Å². The van der Waals surface area contributed by atoms with E-state index in [1.807, 2.05) is 0 Å². The Morgan fingerprint density at radius 2 is 1.88 bits per heavy atom. The Hall–Kier alpha value is -1.72. The summed E-state index contributed by atoms with van der Waals surface area (Å²) < 4.78 is 42.6. The smallest absolute Gasteiger partial charge is 0.417 e. The molecule has 1 rings (SSSR count). The van der Waals surface area contributed by atoms with Crippen molar-refractivity contribution in [2.45, 2.75) is 6.18 Å². The molecule has 0 unspecified atom stereocenters. The van der Waals surface area contributed by atoms with Gasteiger partial charge in [0.05, 0.1) is 18.2 Å². The summed E-state index contributed by atoms with van der Waals surface area (Å²) in [7, 11) is 4.28. The molecule has 17 heavy (non-hydrogen) atoms. The van der Waals surface area contributed by atoms with Gasteiger partial charge in [-0.05, 0) is 18.2 Å². The van der Waals surface area contributed by atoms with E-state index in [0.29, 0.717) is 5.69 Å². The molecule has 0 bridgehead atoms. The van der Waals surface area contributed by atoms with Crippen LogP contribution in [0.3, 0.4) is 0 Å². The molecule has 0 N–H and O–H groups in total. The minimum Gasteiger partial charge on any atom is -0.465 e. The molecule has 1 aromatic rings. The van der Waals surface area contributed by atoms with Gasteiger partial charge in [0.15, 0.2) is 0 Å². The molecular formula is C11H12F3NO2. The molecule has 0 atom stereocenters. The number of methoxy groups -OCH3 is 1. The third kappa shape index (κ3) is 2.89. The minimum absolute atomic E-state index is 0.366. The number of carbonyl (C=O) groups excluding carboxylic acids is 1. The van der Waals surface area contributed by atoms with Gasteiger partial charge in [-0.3, -0.25) is 0 Å². The Bertz CT molecular complexity index is 427. The lowest BCUT2D eigenvalue weighted by Gasteiger charge is -2.17. The van der Waals surface area contributed by atoms with Crippen LogP contribution in [0.25, 0.3) is 0 Å². The molecule has 0 fully saturated rings. The second kappa shape index (κ2) is 4.65. The Morgan fingerprint density at radius 1 is 1.29 bits per heavy atom. The fourth-order valence-corrected chi connectivity index (χ4v) is 1.33. The van der Waals surface area contributed by atoms with Crippen molar-refractivity contribution in [3.05, 3.63) is 29.3 Å². The second-order valence-electron chi connectivity index (χ2n) is 3.61. The lowest BCUT2D eigenvalue weighted by Crippen LogP contribution is -2.16. The number of ether oxygens (including phenoxy) is 1. The summed E-state index contributed by atoms with van der Waals surface area (Å²) >= 11 is 0. The van der Waals surface area contributed by atoms with E-state index in [4.69, 9.17) is 0 Å². The highest BCUT2D eigenvalue weighted by Crippen LogP contribution is 2.34. The fraction of sp³-hybridized carbons (Fsp3) is 0.364. The predicted octanol–water partition coefficient (Wildman–Crippen LogP) is 2.56. The van der Waals surface area contributed by atoms with Gasteiger partial charge in [-0.25, -0.2) is 4.79 Å². The molecule has 0 aromatic heterocycles. The molecule has 0 amide bonds. The molecule has 0 aliphatic carbocycles. The van der Waals surface area contributed by atoms with Crippen molar-refractivity contribution >= 4 is 11.7 Å². The number of alkyl halides is 3. The largest absolute Gasteiger partial charge is 0.465 e. The summed E-state index contributed by atoms with van der Waals surface area (Å²) in [5.41, 5.74) is -1.11. The number of carbonyl (C=O) groups is 1. The van der Waals surface area contributed by atoms with Gasteiger partial charge in [0.25, 0.3) is 0 Å². The summed E-state index contributed by atoms with van der Waals surface area (Å²) in [5.74, 6) is -0.998. The molecule has 1 aromatic carbocycles. The first-order valence-corrected chi connectivity index (χ1v) is 4.74. The van der Waals surface area contributed by atoms with Crippen LogP contribution in [0.15, 0.2) is 18.2 Å². The number of hydrogen-bond acceptors (Lipinski definition) is 3. The Balaban J connectivity index is 3.37. The van der Waals surface area contributed by atoms with Gasteiger partial charge in [-0.2, -0.15) is 13.2 Å². The van der Waals surface area contributed by atoms with Gasteiger partial charge in [-0.15, -0.1) is 0 Å². The monoisotopic (exact) mass is 247 g/mol. The lowest BCUT2D eigenvalue weighted by molar-refractivity contribution is -0.138. The van der Waals surface area contributed by atoms with Gasteiger partial charge in [-0.1, -0.05) is 0 Å². The number of nitrogens with zero attached hydrogens (tertiary/aromatic N) is 1. The summed E-state index contributed by atoms with van der Waals surface area (Å²) in [5, 5.41) is 0. The summed E-state index contributed by atoms with van der Waals surface area (Å²) in [6, 6.07) is 3.47. The second-order valence-corrected chi connectivity index (χ2v) is 3.61. The Morgan fingerprint density at radius 3 is 2.29 bits per heavy atom. The van der Waals surface area contributed by atoms with Crippen LogP contribution in [0.1, 0.15) is 15.9 Å². The third-order valence-electron chi connectivity index (χ3n) is 2.23. The quantitative estimate of drug-likeness (QED) is 0.752.